The maximum absolute atomic E-state index is 9.50. The average molecular weight is 141 g/mol. The summed E-state index contributed by atoms with van der Waals surface area (Å²) in [6.45, 7) is 1.02. The van der Waals surface area contributed by atoms with Gasteiger partial charge in [0.25, 0.3) is 0 Å². The Morgan fingerprint density at radius 3 is 2.12 bits per heavy atom. The first-order valence-electron chi connectivity index (χ1n) is 1.74. The minimum atomic E-state index is -4.72. The van der Waals surface area contributed by atoms with Gasteiger partial charge >= 0.3 is 0 Å². The summed E-state index contributed by atoms with van der Waals surface area (Å²) >= 11 is 0. The van der Waals surface area contributed by atoms with Crippen LogP contribution >= 0.6 is 0 Å². The molecule has 6 heteroatoms. The van der Waals surface area contributed by atoms with Crippen LogP contribution in [0.5, 0.6) is 0 Å². The van der Waals surface area contributed by atoms with E-state index in [9.17, 15) is 13.0 Å². The lowest BCUT2D eigenvalue weighted by atomic mass is 10.8. The van der Waals surface area contributed by atoms with E-state index in [2.05, 4.69) is 4.18 Å². The van der Waals surface area contributed by atoms with Gasteiger partial charge in [-0.2, -0.15) is 0 Å². The van der Waals surface area contributed by atoms with E-state index in [1.165, 1.54) is 0 Å². The molecule has 5 nitrogen and oxygen atoms in total. The summed E-state index contributed by atoms with van der Waals surface area (Å²) in [5.41, 5.74) is 0. The van der Waals surface area contributed by atoms with E-state index in [0.717, 1.165) is 6.92 Å². The fourth-order valence-electron chi connectivity index (χ4n) is 0.171. The maximum Gasteiger partial charge on any atom is 0.220 e. The molecule has 0 aromatic rings. The van der Waals surface area contributed by atoms with Crippen molar-refractivity contribution in [1.29, 1.82) is 0 Å². The first-order chi connectivity index (χ1) is 3.42. The highest BCUT2D eigenvalue weighted by molar-refractivity contribution is 7.80. The molecule has 0 heterocycles. The minimum absolute atomic E-state index is 1.02. The van der Waals surface area contributed by atoms with Gasteiger partial charge < -0.3 is 9.66 Å². The van der Waals surface area contributed by atoms with E-state index < -0.39 is 16.7 Å². The third-order valence-electron chi connectivity index (χ3n) is 0.257. The Hall–Kier alpha value is -0.170. The third kappa shape index (κ3) is 5.83. The second-order valence-corrected chi connectivity index (χ2v) is 2.11. The van der Waals surface area contributed by atoms with Crippen LogP contribution in [0.4, 0.5) is 0 Å². The predicted molar refractivity (Wildman–Crippen MR) is 22.5 cm³/mol. The molecule has 0 aliphatic rings. The molecule has 1 N–H and O–H groups in total. The number of hydrogen-bond donors (Lipinski definition) is 1. The molecule has 0 radical (unpaired) electrons. The van der Waals surface area contributed by atoms with E-state index in [0.29, 0.717) is 0 Å². The summed E-state index contributed by atoms with van der Waals surface area (Å²) in [5.74, 6) is 0. The Bertz CT molecular complexity index is 144. The van der Waals surface area contributed by atoms with Crippen LogP contribution in [0.1, 0.15) is 6.92 Å². The summed E-state index contributed by atoms with van der Waals surface area (Å²) in [7, 11) is -4.72. The van der Waals surface area contributed by atoms with Gasteiger partial charge in [0.05, 0.1) is 0 Å². The normalized spacial score (nSPS) is 15.9. The van der Waals surface area contributed by atoms with E-state index in [4.69, 9.17) is 5.11 Å². The van der Waals surface area contributed by atoms with Gasteiger partial charge in [-0.15, -0.1) is 0 Å². The first-order valence-corrected chi connectivity index (χ1v) is 3.07. The highest BCUT2D eigenvalue weighted by atomic mass is 32.3. The third-order valence-corrected chi connectivity index (χ3v) is 0.771. The van der Waals surface area contributed by atoms with Crippen molar-refractivity contribution in [3.8, 4) is 0 Å². The molecule has 1 unspecified atom stereocenters. The van der Waals surface area contributed by atoms with E-state index in [-0.39, 0.29) is 0 Å². The lowest BCUT2D eigenvalue weighted by Crippen LogP contribution is -2.13. The van der Waals surface area contributed by atoms with Gasteiger partial charge in [0.15, 0.2) is 6.29 Å². The highest BCUT2D eigenvalue weighted by Gasteiger charge is 1.98. The maximum atomic E-state index is 9.50. The van der Waals surface area contributed by atoms with Crippen molar-refractivity contribution >= 4 is 10.4 Å². The van der Waals surface area contributed by atoms with Gasteiger partial charge in [-0.05, 0) is 6.92 Å². The predicted octanol–water partition coefficient (Wildman–Crippen LogP) is -1.20. The minimum Gasteiger partial charge on any atom is -0.725 e. The van der Waals surface area contributed by atoms with Crippen molar-refractivity contribution in [3.05, 3.63) is 0 Å². The van der Waals surface area contributed by atoms with Crippen molar-refractivity contribution < 1.29 is 22.3 Å². The second kappa shape index (κ2) is 2.40. The van der Waals surface area contributed by atoms with E-state index >= 15 is 0 Å². The van der Waals surface area contributed by atoms with Gasteiger partial charge in [0.1, 0.15) is 0 Å². The number of aliphatic hydroxyl groups is 1. The molecule has 0 aromatic heterocycles. The molecule has 0 spiro atoms. The highest BCUT2D eigenvalue weighted by Crippen LogP contribution is 1.89. The Labute approximate surface area is 46.8 Å². The quantitative estimate of drug-likeness (QED) is 0.296. The topological polar surface area (TPSA) is 86.7 Å². The Morgan fingerprint density at radius 1 is 1.75 bits per heavy atom. The van der Waals surface area contributed by atoms with E-state index in [1.54, 1.807) is 0 Å². The molecule has 50 valence electrons. The lowest BCUT2D eigenvalue weighted by Gasteiger charge is -2.08. The molecule has 0 saturated carbocycles. The summed E-state index contributed by atoms with van der Waals surface area (Å²) in [5, 5.41) is 8.09. The molecule has 1 atom stereocenters. The van der Waals surface area contributed by atoms with Crippen LogP contribution in [-0.2, 0) is 14.6 Å². The Balaban J connectivity index is 3.75. The average Bonchev–Trinajstić information content (AvgIpc) is 1.21. The van der Waals surface area contributed by atoms with Crippen molar-refractivity contribution in [1.82, 2.24) is 0 Å². The summed E-state index contributed by atoms with van der Waals surface area (Å²) in [6, 6.07) is 0. The number of rotatable bonds is 2. The van der Waals surface area contributed by atoms with Crippen LogP contribution in [0.25, 0.3) is 0 Å². The zero-order chi connectivity index (χ0) is 6.78. The molecule has 0 aromatic carbocycles. The summed E-state index contributed by atoms with van der Waals surface area (Å²) in [6.07, 6.45) is -1.56. The van der Waals surface area contributed by atoms with Crippen molar-refractivity contribution in [2.24, 2.45) is 0 Å². The molecular weight excluding hydrogens is 136 g/mol. The zero-order valence-electron chi connectivity index (χ0n) is 4.07. The van der Waals surface area contributed by atoms with Gasteiger partial charge in [-0.1, -0.05) is 0 Å². The Morgan fingerprint density at radius 2 is 2.12 bits per heavy atom. The largest absolute Gasteiger partial charge is 0.725 e. The number of hydrogen-bond acceptors (Lipinski definition) is 5. The van der Waals surface area contributed by atoms with Crippen molar-refractivity contribution in [3.63, 3.8) is 0 Å². The molecule has 0 aliphatic heterocycles. The molecule has 0 bridgehead atoms. The van der Waals surface area contributed by atoms with Crippen LogP contribution in [0.15, 0.2) is 0 Å². The van der Waals surface area contributed by atoms with Crippen LogP contribution in [0.3, 0.4) is 0 Å². The van der Waals surface area contributed by atoms with E-state index in [1.807, 2.05) is 0 Å². The van der Waals surface area contributed by atoms with Crippen molar-refractivity contribution in [2.45, 2.75) is 13.2 Å². The lowest BCUT2D eigenvalue weighted by molar-refractivity contribution is -0.00393. The molecular formula is C2H5O5S-. The molecule has 0 aliphatic carbocycles. The van der Waals surface area contributed by atoms with Crippen LogP contribution in [0.2, 0.25) is 0 Å². The van der Waals surface area contributed by atoms with Gasteiger partial charge in [-0.3, -0.25) is 0 Å². The molecule has 0 saturated heterocycles. The monoisotopic (exact) mass is 141 g/mol. The summed E-state index contributed by atoms with van der Waals surface area (Å²) in [4.78, 5) is 0. The standard InChI is InChI=1S/C2H6O5S/c1-2(3)7-8(4,5)6/h2-3H,1H3,(H,4,5,6)/p-1. The van der Waals surface area contributed by atoms with Crippen LogP contribution < -0.4 is 0 Å². The second-order valence-electron chi connectivity index (χ2n) is 1.10. The SMILES string of the molecule is CC(O)OS(=O)(=O)[O-]. The summed E-state index contributed by atoms with van der Waals surface area (Å²) < 4.78 is 31.9. The van der Waals surface area contributed by atoms with Crippen LogP contribution in [-0.4, -0.2) is 24.4 Å². The van der Waals surface area contributed by atoms with Gasteiger partial charge in [-0.25, -0.2) is 12.6 Å². The number of aliphatic hydroxyl groups excluding tert-OH is 1. The fraction of sp³-hybridized carbons (Fsp3) is 1.00. The zero-order valence-corrected chi connectivity index (χ0v) is 4.88. The Kier molecular flexibility index (Phi) is 2.35. The molecule has 0 rings (SSSR count). The first kappa shape index (κ1) is 7.83. The molecule has 0 amide bonds. The van der Waals surface area contributed by atoms with Crippen LogP contribution in [0, 0.1) is 0 Å². The van der Waals surface area contributed by atoms with Gasteiger partial charge in [0.2, 0.25) is 10.4 Å². The van der Waals surface area contributed by atoms with Crippen molar-refractivity contribution in [2.75, 3.05) is 0 Å². The molecule has 8 heavy (non-hydrogen) atoms. The smallest absolute Gasteiger partial charge is 0.220 e. The van der Waals surface area contributed by atoms with Gasteiger partial charge in [0, 0.05) is 0 Å². The fourth-order valence-corrected chi connectivity index (χ4v) is 0.512. The molecule has 0 fully saturated rings.